The molecule has 25 heavy (non-hydrogen) atoms. The van der Waals surface area contributed by atoms with E-state index in [9.17, 15) is 0 Å². The summed E-state index contributed by atoms with van der Waals surface area (Å²) in [6.45, 7) is 6.64. The standard InChI is InChI=1S/C19H29N5S/c1-5-20-19(22-13-11-18-23-14-15(2)25-18)21-12-10-16-6-8-17(9-7-16)24(3)4/h6-9,14H,5,10-13H2,1-4H3,(H2,20,21,22). The summed E-state index contributed by atoms with van der Waals surface area (Å²) in [6.07, 6.45) is 3.79. The predicted molar refractivity (Wildman–Crippen MR) is 109 cm³/mol. The number of benzene rings is 1. The number of thiazole rings is 1. The first-order valence-electron chi connectivity index (χ1n) is 8.78. The number of aromatic nitrogens is 1. The van der Waals surface area contributed by atoms with E-state index in [-0.39, 0.29) is 0 Å². The Hall–Kier alpha value is -2.08. The number of hydrogen-bond acceptors (Lipinski definition) is 4. The van der Waals surface area contributed by atoms with E-state index in [2.05, 4.69) is 77.7 Å². The minimum absolute atomic E-state index is 0.750. The predicted octanol–water partition coefficient (Wildman–Crippen LogP) is 2.86. The Morgan fingerprint density at radius 1 is 1.16 bits per heavy atom. The first kappa shape index (κ1) is 19.2. The van der Waals surface area contributed by atoms with Crippen molar-refractivity contribution in [2.24, 2.45) is 4.99 Å². The number of aliphatic imine (C=N–C) groups is 1. The summed E-state index contributed by atoms with van der Waals surface area (Å²) in [5.74, 6) is 0.876. The molecule has 0 fully saturated rings. The summed E-state index contributed by atoms with van der Waals surface area (Å²) in [6, 6.07) is 8.69. The van der Waals surface area contributed by atoms with Gasteiger partial charge in [0.05, 0.1) is 5.01 Å². The second-order valence-electron chi connectivity index (χ2n) is 6.11. The summed E-state index contributed by atoms with van der Waals surface area (Å²) in [4.78, 5) is 12.4. The fraction of sp³-hybridized carbons (Fsp3) is 0.474. The third kappa shape index (κ3) is 6.74. The van der Waals surface area contributed by atoms with Crippen molar-refractivity contribution in [3.05, 3.63) is 45.9 Å². The Balaban J connectivity index is 1.78. The lowest BCUT2D eigenvalue weighted by atomic mass is 10.1. The van der Waals surface area contributed by atoms with Crippen molar-refractivity contribution in [2.75, 3.05) is 38.6 Å². The van der Waals surface area contributed by atoms with E-state index < -0.39 is 0 Å². The van der Waals surface area contributed by atoms with Gasteiger partial charge in [0.15, 0.2) is 5.96 Å². The summed E-state index contributed by atoms with van der Waals surface area (Å²) in [7, 11) is 4.12. The molecule has 2 rings (SSSR count). The normalized spacial score (nSPS) is 11.4. The molecule has 0 unspecified atom stereocenters. The monoisotopic (exact) mass is 359 g/mol. The maximum absolute atomic E-state index is 4.64. The molecule has 0 bridgehead atoms. The average molecular weight is 360 g/mol. The zero-order valence-electron chi connectivity index (χ0n) is 15.7. The smallest absolute Gasteiger partial charge is 0.191 e. The van der Waals surface area contributed by atoms with Crippen molar-refractivity contribution >= 4 is 23.0 Å². The molecule has 0 amide bonds. The van der Waals surface area contributed by atoms with Gasteiger partial charge in [0.25, 0.3) is 0 Å². The molecule has 2 N–H and O–H groups in total. The van der Waals surface area contributed by atoms with Gasteiger partial charge in [0, 0.05) is 56.9 Å². The number of guanidine groups is 1. The molecule has 0 atom stereocenters. The SMILES string of the molecule is CCNC(=NCCc1ncc(C)s1)NCCc1ccc(N(C)C)cc1. The van der Waals surface area contributed by atoms with E-state index in [0.29, 0.717) is 0 Å². The van der Waals surface area contributed by atoms with Crippen molar-refractivity contribution in [2.45, 2.75) is 26.7 Å². The first-order chi connectivity index (χ1) is 12.1. The van der Waals surface area contributed by atoms with E-state index in [4.69, 9.17) is 0 Å². The van der Waals surface area contributed by atoms with Gasteiger partial charge >= 0.3 is 0 Å². The highest BCUT2D eigenvalue weighted by Crippen LogP contribution is 2.12. The second kappa shape index (κ2) is 10.0. The second-order valence-corrected chi connectivity index (χ2v) is 7.43. The van der Waals surface area contributed by atoms with Crippen LogP contribution in [0.3, 0.4) is 0 Å². The zero-order chi connectivity index (χ0) is 18.1. The van der Waals surface area contributed by atoms with Crippen LogP contribution in [0.25, 0.3) is 0 Å². The maximum atomic E-state index is 4.64. The quantitative estimate of drug-likeness (QED) is 0.562. The van der Waals surface area contributed by atoms with E-state index in [0.717, 1.165) is 43.4 Å². The van der Waals surface area contributed by atoms with Crippen LogP contribution in [0, 0.1) is 6.92 Å². The van der Waals surface area contributed by atoms with Gasteiger partial charge in [-0.1, -0.05) is 12.1 Å². The van der Waals surface area contributed by atoms with Gasteiger partial charge in [-0.2, -0.15) is 0 Å². The lowest BCUT2D eigenvalue weighted by Gasteiger charge is -2.13. The molecule has 2 aromatic rings. The third-order valence-corrected chi connectivity index (χ3v) is 4.74. The fourth-order valence-corrected chi connectivity index (χ4v) is 3.18. The molecule has 5 nitrogen and oxygen atoms in total. The van der Waals surface area contributed by atoms with Gasteiger partial charge in [-0.25, -0.2) is 4.98 Å². The van der Waals surface area contributed by atoms with Crippen molar-refractivity contribution in [1.82, 2.24) is 15.6 Å². The molecular formula is C19H29N5S. The van der Waals surface area contributed by atoms with E-state index in [1.165, 1.54) is 16.1 Å². The number of aryl methyl sites for hydroxylation is 1. The molecular weight excluding hydrogens is 330 g/mol. The Morgan fingerprint density at radius 3 is 2.52 bits per heavy atom. The number of nitrogens with zero attached hydrogens (tertiary/aromatic N) is 3. The van der Waals surface area contributed by atoms with Crippen LogP contribution in [-0.4, -0.2) is 44.7 Å². The summed E-state index contributed by atoms with van der Waals surface area (Å²) < 4.78 is 0. The van der Waals surface area contributed by atoms with Crippen molar-refractivity contribution in [3.63, 3.8) is 0 Å². The number of nitrogens with one attached hydrogen (secondary N) is 2. The minimum Gasteiger partial charge on any atom is -0.378 e. The Morgan fingerprint density at radius 2 is 1.92 bits per heavy atom. The van der Waals surface area contributed by atoms with Crippen LogP contribution in [0.1, 0.15) is 22.4 Å². The molecule has 0 spiro atoms. The van der Waals surface area contributed by atoms with Crippen LogP contribution in [0.5, 0.6) is 0 Å². The largest absolute Gasteiger partial charge is 0.378 e. The van der Waals surface area contributed by atoms with E-state index in [1.807, 2.05) is 6.20 Å². The molecule has 0 saturated carbocycles. The molecule has 6 heteroatoms. The summed E-state index contributed by atoms with van der Waals surface area (Å²) >= 11 is 1.75. The molecule has 0 saturated heterocycles. The molecule has 136 valence electrons. The number of hydrogen-bond donors (Lipinski definition) is 2. The van der Waals surface area contributed by atoms with Crippen LogP contribution >= 0.6 is 11.3 Å². The van der Waals surface area contributed by atoms with Gasteiger partial charge in [-0.05, 0) is 38.0 Å². The van der Waals surface area contributed by atoms with Gasteiger partial charge in [-0.15, -0.1) is 11.3 Å². The average Bonchev–Trinajstić information content (AvgIpc) is 3.00. The topological polar surface area (TPSA) is 52.6 Å². The first-order valence-corrected chi connectivity index (χ1v) is 9.60. The highest BCUT2D eigenvalue weighted by molar-refractivity contribution is 7.11. The molecule has 0 aliphatic carbocycles. The Kier molecular flexibility index (Phi) is 7.73. The molecule has 0 aliphatic heterocycles. The van der Waals surface area contributed by atoms with Crippen LogP contribution in [0.2, 0.25) is 0 Å². The Bertz CT molecular complexity index is 661. The lowest BCUT2D eigenvalue weighted by Crippen LogP contribution is -2.38. The maximum Gasteiger partial charge on any atom is 0.191 e. The minimum atomic E-state index is 0.750. The zero-order valence-corrected chi connectivity index (χ0v) is 16.5. The highest BCUT2D eigenvalue weighted by atomic mass is 32.1. The molecule has 1 aromatic carbocycles. The molecule has 1 aromatic heterocycles. The van der Waals surface area contributed by atoms with Crippen LogP contribution < -0.4 is 15.5 Å². The van der Waals surface area contributed by atoms with E-state index in [1.54, 1.807) is 11.3 Å². The molecule has 1 heterocycles. The van der Waals surface area contributed by atoms with Crippen molar-refractivity contribution in [1.29, 1.82) is 0 Å². The molecule has 0 radical (unpaired) electrons. The van der Waals surface area contributed by atoms with Gasteiger partial charge in [0.2, 0.25) is 0 Å². The van der Waals surface area contributed by atoms with Crippen molar-refractivity contribution in [3.8, 4) is 0 Å². The fourth-order valence-electron chi connectivity index (χ4n) is 2.41. The summed E-state index contributed by atoms with van der Waals surface area (Å²) in [5, 5.41) is 7.86. The number of rotatable bonds is 8. The van der Waals surface area contributed by atoms with Crippen LogP contribution in [-0.2, 0) is 12.8 Å². The van der Waals surface area contributed by atoms with Crippen LogP contribution in [0.4, 0.5) is 5.69 Å². The Labute approximate surface area is 155 Å². The third-order valence-electron chi connectivity index (χ3n) is 3.77. The van der Waals surface area contributed by atoms with Crippen molar-refractivity contribution < 1.29 is 0 Å². The highest BCUT2D eigenvalue weighted by Gasteiger charge is 2.01. The van der Waals surface area contributed by atoms with Gasteiger partial charge in [-0.3, -0.25) is 4.99 Å². The van der Waals surface area contributed by atoms with E-state index >= 15 is 0 Å². The van der Waals surface area contributed by atoms with Gasteiger partial charge in [0.1, 0.15) is 0 Å². The summed E-state index contributed by atoms with van der Waals surface area (Å²) in [5.41, 5.74) is 2.55. The van der Waals surface area contributed by atoms with Crippen LogP contribution in [0.15, 0.2) is 35.5 Å². The molecule has 0 aliphatic rings. The van der Waals surface area contributed by atoms with Gasteiger partial charge < -0.3 is 15.5 Å². The number of anilines is 1. The lowest BCUT2D eigenvalue weighted by molar-refractivity contribution is 0.796.